The number of nitrogens with zero attached hydrogens (tertiary/aromatic N) is 2. The Balaban J connectivity index is 3.31. The van der Waals surface area contributed by atoms with E-state index in [-0.39, 0.29) is 33.4 Å². The summed E-state index contributed by atoms with van der Waals surface area (Å²) >= 11 is 0. The van der Waals surface area contributed by atoms with Gasteiger partial charge in [-0.25, -0.2) is 0 Å². The summed E-state index contributed by atoms with van der Waals surface area (Å²) in [5.41, 5.74) is -6.65. The summed E-state index contributed by atoms with van der Waals surface area (Å²) < 4.78 is 0. The maximum Gasteiger partial charge on any atom is 0.267 e. The number of ketones is 2. The third kappa shape index (κ3) is 4.30. The average molecular weight is 529 g/mol. The summed E-state index contributed by atoms with van der Waals surface area (Å²) in [6.45, 7) is 24.2. The van der Waals surface area contributed by atoms with E-state index in [0.29, 0.717) is 0 Å². The highest BCUT2D eigenvalue weighted by Crippen LogP contribution is 2.54. The van der Waals surface area contributed by atoms with Crippen LogP contribution in [0.4, 0.5) is 0 Å². The Kier molecular flexibility index (Phi) is 7.27. The van der Waals surface area contributed by atoms with Gasteiger partial charge in [-0.05, 0) is 24.7 Å². The molecule has 0 unspecified atom stereocenters. The zero-order valence-corrected chi connectivity index (χ0v) is 25.5. The molecular formula is C30H44N2O6. The minimum Gasteiger partial charge on any atom is -0.289 e. The average Bonchev–Trinajstić information content (AvgIpc) is 2.66. The molecule has 0 spiro atoms. The summed E-state index contributed by atoms with van der Waals surface area (Å²) in [6, 6.07) is 0. The van der Waals surface area contributed by atoms with Gasteiger partial charge >= 0.3 is 0 Å². The van der Waals surface area contributed by atoms with Gasteiger partial charge in [0, 0.05) is 66.3 Å². The lowest BCUT2D eigenvalue weighted by Gasteiger charge is -2.44. The zero-order valence-electron chi connectivity index (χ0n) is 25.5. The fourth-order valence-corrected chi connectivity index (χ4v) is 5.96. The third-order valence-electron chi connectivity index (χ3n) is 8.27. The number of carbonyl (C=O) groups is 2. The van der Waals surface area contributed by atoms with E-state index in [9.17, 15) is 29.8 Å². The van der Waals surface area contributed by atoms with Gasteiger partial charge in [0.1, 0.15) is 0 Å². The van der Waals surface area contributed by atoms with Gasteiger partial charge in [-0.3, -0.25) is 29.8 Å². The number of Topliss-reactive ketones (excluding diaryl/α,β-unsaturated/α-hetero) is 2. The second-order valence-electron chi connectivity index (χ2n) is 14.8. The molecule has 0 saturated carbocycles. The number of nitro groups is 2. The topological polar surface area (TPSA) is 120 Å². The van der Waals surface area contributed by atoms with E-state index >= 15 is 0 Å². The predicted molar refractivity (Wildman–Crippen MR) is 149 cm³/mol. The van der Waals surface area contributed by atoms with Gasteiger partial charge in [0.25, 0.3) is 11.1 Å². The molecule has 0 heterocycles. The fourth-order valence-electron chi connectivity index (χ4n) is 5.96. The van der Waals surface area contributed by atoms with Crippen LogP contribution in [0.15, 0.2) is 45.6 Å². The molecule has 0 saturated heterocycles. The molecule has 8 nitrogen and oxygen atoms in total. The van der Waals surface area contributed by atoms with Crippen molar-refractivity contribution in [2.75, 3.05) is 0 Å². The van der Waals surface area contributed by atoms with E-state index in [1.807, 2.05) is 0 Å². The number of allylic oxidation sites excluding steroid dienone is 4. The Hall–Kier alpha value is -2.90. The zero-order chi connectivity index (χ0) is 30.2. The summed E-state index contributed by atoms with van der Waals surface area (Å²) in [6.07, 6.45) is 2.89. The van der Waals surface area contributed by atoms with E-state index in [1.165, 1.54) is 26.0 Å². The van der Waals surface area contributed by atoms with E-state index < -0.39 is 54.2 Å². The van der Waals surface area contributed by atoms with Crippen LogP contribution < -0.4 is 0 Å². The lowest BCUT2D eigenvalue weighted by molar-refractivity contribution is -0.563. The van der Waals surface area contributed by atoms with Crippen LogP contribution in [0.1, 0.15) is 96.9 Å². The maximum absolute atomic E-state index is 14.3. The normalized spacial score (nSPS) is 25.9. The number of hydrogen-bond donors (Lipinski definition) is 0. The SMILES string of the molecule is CC1=C(C2=C(C)[C@]([N+](=O)[O-])(C(C)(C)C)C=C(C(C)(C)C)C2=O)C(=O)C(C(C)(C)C)=C[C@]1([N+](=O)[O-])C(C)(C)C. The molecule has 0 amide bonds. The Labute approximate surface area is 226 Å². The molecule has 2 rings (SSSR count). The molecule has 8 heteroatoms. The molecule has 2 atom stereocenters. The van der Waals surface area contributed by atoms with E-state index in [2.05, 4.69) is 0 Å². The van der Waals surface area contributed by atoms with Gasteiger partial charge in [-0.15, -0.1) is 0 Å². The van der Waals surface area contributed by atoms with Gasteiger partial charge in [0.05, 0.1) is 0 Å². The third-order valence-corrected chi connectivity index (χ3v) is 8.27. The number of hydrogen-bond acceptors (Lipinski definition) is 6. The Morgan fingerprint density at radius 2 is 0.816 bits per heavy atom. The predicted octanol–water partition coefficient (Wildman–Crippen LogP) is 6.85. The van der Waals surface area contributed by atoms with Gasteiger partial charge in [0.15, 0.2) is 11.6 Å². The standard InChI is InChI=1S/C30H44N2O6/c1-17-21(23(33)19(25(3,4)5)15-29(17,31(35)36)27(9,10)11)22-18(2)30(32(37)38,28(12,13)14)16-20(24(22)34)26(6,7)8/h15-16H,1-14H3/t29-,30+. The largest absolute Gasteiger partial charge is 0.289 e. The molecule has 38 heavy (non-hydrogen) atoms. The van der Waals surface area contributed by atoms with E-state index in [0.717, 1.165) is 0 Å². The van der Waals surface area contributed by atoms with Crippen molar-refractivity contribution in [2.24, 2.45) is 21.7 Å². The maximum atomic E-state index is 14.3. The Morgan fingerprint density at radius 3 is 0.974 bits per heavy atom. The number of carbonyl (C=O) groups excluding carboxylic acids is 2. The smallest absolute Gasteiger partial charge is 0.267 e. The Morgan fingerprint density at radius 1 is 0.579 bits per heavy atom. The summed E-state index contributed by atoms with van der Waals surface area (Å²) in [4.78, 5) is 53.6. The van der Waals surface area contributed by atoms with Crippen LogP contribution in [0, 0.1) is 41.9 Å². The molecule has 2 aliphatic carbocycles. The van der Waals surface area contributed by atoms with Crippen molar-refractivity contribution in [1.29, 1.82) is 0 Å². The summed E-state index contributed by atoms with van der Waals surface area (Å²) in [5, 5.41) is 25.8. The highest BCUT2D eigenvalue weighted by molar-refractivity contribution is 6.25. The fraction of sp³-hybridized carbons (Fsp3) is 0.667. The number of rotatable bonds is 3. The minimum atomic E-state index is -1.81. The van der Waals surface area contributed by atoms with Crippen LogP contribution in [0.2, 0.25) is 0 Å². The minimum absolute atomic E-state index is 0.0862. The quantitative estimate of drug-likeness (QED) is 0.292. The van der Waals surface area contributed by atoms with Crippen LogP contribution >= 0.6 is 0 Å². The first-order valence-electron chi connectivity index (χ1n) is 13.0. The van der Waals surface area contributed by atoms with Crippen molar-refractivity contribution in [3.63, 3.8) is 0 Å². The second kappa shape index (κ2) is 8.82. The highest BCUT2D eigenvalue weighted by atomic mass is 16.6. The molecule has 0 aromatic rings. The first-order valence-corrected chi connectivity index (χ1v) is 13.0. The first-order chi connectivity index (χ1) is 16.7. The van der Waals surface area contributed by atoms with Crippen LogP contribution in [0.25, 0.3) is 0 Å². The van der Waals surface area contributed by atoms with Crippen molar-refractivity contribution >= 4 is 11.6 Å². The van der Waals surface area contributed by atoms with Crippen molar-refractivity contribution in [3.8, 4) is 0 Å². The molecule has 0 fully saturated rings. The van der Waals surface area contributed by atoms with Crippen LogP contribution in [0.5, 0.6) is 0 Å². The van der Waals surface area contributed by atoms with Gasteiger partial charge in [-0.1, -0.05) is 83.1 Å². The monoisotopic (exact) mass is 528 g/mol. The van der Waals surface area contributed by atoms with Crippen LogP contribution in [-0.2, 0) is 9.59 Å². The molecular weight excluding hydrogens is 484 g/mol. The summed E-state index contributed by atoms with van der Waals surface area (Å²) in [5.74, 6) is -0.999. The lowest BCUT2D eigenvalue weighted by Crippen LogP contribution is -2.55. The van der Waals surface area contributed by atoms with Gasteiger partial charge in [0.2, 0.25) is 0 Å². The van der Waals surface area contributed by atoms with Crippen LogP contribution in [0.3, 0.4) is 0 Å². The first kappa shape index (κ1) is 31.3. The molecule has 0 radical (unpaired) electrons. The molecule has 0 aromatic carbocycles. The van der Waals surface area contributed by atoms with Crippen molar-refractivity contribution in [3.05, 3.63) is 65.8 Å². The molecule has 0 aliphatic heterocycles. The van der Waals surface area contributed by atoms with Crippen molar-refractivity contribution < 1.29 is 19.4 Å². The molecule has 0 aromatic heterocycles. The molecule has 210 valence electrons. The molecule has 2 aliphatic rings. The van der Waals surface area contributed by atoms with Gasteiger partial charge < -0.3 is 0 Å². The van der Waals surface area contributed by atoms with Gasteiger partial charge in [-0.2, -0.15) is 0 Å². The second-order valence-corrected chi connectivity index (χ2v) is 14.8. The van der Waals surface area contributed by atoms with Crippen LogP contribution in [-0.4, -0.2) is 32.5 Å². The Bertz CT molecular complexity index is 1150. The lowest BCUT2D eigenvalue weighted by atomic mass is 9.57. The molecule has 0 N–H and O–H groups in total. The van der Waals surface area contributed by atoms with E-state index in [1.54, 1.807) is 83.1 Å². The van der Waals surface area contributed by atoms with Crippen molar-refractivity contribution in [2.45, 2.75) is 108 Å². The molecule has 0 bridgehead atoms. The summed E-state index contributed by atoms with van der Waals surface area (Å²) in [7, 11) is 0. The van der Waals surface area contributed by atoms with E-state index in [4.69, 9.17) is 0 Å². The van der Waals surface area contributed by atoms with Crippen molar-refractivity contribution in [1.82, 2.24) is 0 Å². The highest BCUT2D eigenvalue weighted by Gasteiger charge is 2.62.